The Hall–Kier alpha value is -2.55. The first-order valence-electron chi connectivity index (χ1n) is 10.8. The summed E-state index contributed by atoms with van der Waals surface area (Å²) >= 11 is 0. The van der Waals surface area contributed by atoms with Crippen molar-refractivity contribution in [2.45, 2.75) is 39.3 Å². The highest BCUT2D eigenvalue weighted by Crippen LogP contribution is 2.19. The predicted molar refractivity (Wildman–Crippen MR) is 142 cm³/mol. The normalized spacial score (nSPS) is 11.0. The molecule has 0 saturated heterocycles. The molecule has 172 valence electrons. The number of rotatable bonds is 10. The number of guanidine groups is 1. The standard InChI is InChI=1S/C25H33N5O.HI/c1-20-11-12-22(18-23(20)31-3)13-14-28-25(26-2)29-19-24-27-15-17-30(24)16-7-10-21-8-5-4-6-9-21;/h4-6,8-9,11-12,15,17-18H,7,10,13-14,16,19H2,1-3H3,(H2,26,28,29);1H. The van der Waals surface area contributed by atoms with E-state index in [2.05, 4.69) is 80.6 Å². The molecule has 0 aliphatic heterocycles. The van der Waals surface area contributed by atoms with E-state index < -0.39 is 0 Å². The topological polar surface area (TPSA) is 63.5 Å². The van der Waals surface area contributed by atoms with E-state index in [1.807, 2.05) is 12.4 Å². The number of benzene rings is 2. The average Bonchev–Trinajstić information content (AvgIpc) is 3.25. The van der Waals surface area contributed by atoms with Gasteiger partial charge in [0.15, 0.2) is 5.96 Å². The zero-order valence-electron chi connectivity index (χ0n) is 19.2. The van der Waals surface area contributed by atoms with Gasteiger partial charge in [-0.05, 0) is 48.9 Å². The third-order valence-electron chi connectivity index (χ3n) is 5.33. The summed E-state index contributed by atoms with van der Waals surface area (Å²) in [5, 5.41) is 6.75. The third-order valence-corrected chi connectivity index (χ3v) is 5.33. The molecule has 6 nitrogen and oxygen atoms in total. The van der Waals surface area contributed by atoms with E-state index in [4.69, 9.17) is 4.74 Å². The van der Waals surface area contributed by atoms with Gasteiger partial charge in [-0.3, -0.25) is 4.99 Å². The maximum Gasteiger partial charge on any atom is 0.191 e. The van der Waals surface area contributed by atoms with Crippen LogP contribution in [-0.4, -0.2) is 36.2 Å². The van der Waals surface area contributed by atoms with E-state index in [1.54, 1.807) is 14.2 Å². The Morgan fingerprint density at radius 3 is 2.62 bits per heavy atom. The highest BCUT2D eigenvalue weighted by molar-refractivity contribution is 14.0. The van der Waals surface area contributed by atoms with Crippen LogP contribution >= 0.6 is 24.0 Å². The second-order valence-corrected chi connectivity index (χ2v) is 7.53. The second-order valence-electron chi connectivity index (χ2n) is 7.53. The lowest BCUT2D eigenvalue weighted by Crippen LogP contribution is -2.38. The molecule has 0 bridgehead atoms. The smallest absolute Gasteiger partial charge is 0.191 e. The molecule has 2 N–H and O–H groups in total. The molecule has 32 heavy (non-hydrogen) atoms. The maximum atomic E-state index is 5.41. The summed E-state index contributed by atoms with van der Waals surface area (Å²) in [7, 11) is 3.50. The molecule has 1 heterocycles. The van der Waals surface area contributed by atoms with Crippen LogP contribution in [0.3, 0.4) is 0 Å². The van der Waals surface area contributed by atoms with Crippen LogP contribution in [0.15, 0.2) is 65.9 Å². The number of hydrogen-bond donors (Lipinski definition) is 2. The molecule has 0 aliphatic rings. The van der Waals surface area contributed by atoms with Crippen molar-refractivity contribution in [1.82, 2.24) is 20.2 Å². The van der Waals surface area contributed by atoms with Gasteiger partial charge in [0.1, 0.15) is 11.6 Å². The van der Waals surface area contributed by atoms with Crippen LogP contribution in [0.25, 0.3) is 0 Å². The second kappa shape index (κ2) is 13.8. The number of imidazole rings is 1. The van der Waals surface area contributed by atoms with Crippen molar-refractivity contribution in [1.29, 1.82) is 0 Å². The first-order valence-corrected chi connectivity index (χ1v) is 10.8. The van der Waals surface area contributed by atoms with Gasteiger partial charge < -0.3 is 19.9 Å². The Balaban J connectivity index is 0.00000363. The summed E-state index contributed by atoms with van der Waals surface area (Å²) in [6.07, 6.45) is 6.95. The third kappa shape index (κ3) is 7.85. The van der Waals surface area contributed by atoms with E-state index in [0.717, 1.165) is 55.4 Å². The lowest BCUT2D eigenvalue weighted by molar-refractivity contribution is 0.411. The fraction of sp³-hybridized carbons (Fsp3) is 0.360. The molecule has 0 amide bonds. The van der Waals surface area contributed by atoms with Gasteiger partial charge in [0.25, 0.3) is 0 Å². The van der Waals surface area contributed by atoms with Crippen molar-refractivity contribution in [3.05, 3.63) is 83.4 Å². The fourth-order valence-corrected chi connectivity index (χ4v) is 3.54. The van der Waals surface area contributed by atoms with E-state index in [1.165, 1.54) is 11.1 Å². The fourth-order valence-electron chi connectivity index (χ4n) is 3.54. The van der Waals surface area contributed by atoms with Gasteiger partial charge in [-0.1, -0.05) is 42.5 Å². The number of aryl methyl sites for hydroxylation is 3. The van der Waals surface area contributed by atoms with Crippen molar-refractivity contribution in [2.24, 2.45) is 4.99 Å². The molecule has 3 aromatic rings. The Morgan fingerprint density at radius 2 is 1.88 bits per heavy atom. The summed E-state index contributed by atoms with van der Waals surface area (Å²) in [6, 6.07) is 16.9. The van der Waals surface area contributed by atoms with Gasteiger partial charge in [-0.25, -0.2) is 4.98 Å². The Bertz CT molecular complexity index is 971. The molecular weight excluding hydrogens is 513 g/mol. The molecule has 2 aromatic carbocycles. The van der Waals surface area contributed by atoms with Crippen LogP contribution in [-0.2, 0) is 25.9 Å². The van der Waals surface area contributed by atoms with Gasteiger partial charge in [0, 0.05) is 32.5 Å². The van der Waals surface area contributed by atoms with E-state index in [-0.39, 0.29) is 24.0 Å². The van der Waals surface area contributed by atoms with Crippen LogP contribution in [0, 0.1) is 6.92 Å². The Morgan fingerprint density at radius 1 is 1.06 bits per heavy atom. The van der Waals surface area contributed by atoms with Crippen molar-refractivity contribution in [2.75, 3.05) is 20.7 Å². The monoisotopic (exact) mass is 547 g/mol. The predicted octanol–water partition coefficient (Wildman–Crippen LogP) is 4.36. The first-order chi connectivity index (χ1) is 15.2. The zero-order chi connectivity index (χ0) is 21.9. The van der Waals surface area contributed by atoms with Crippen molar-refractivity contribution in [3.8, 4) is 5.75 Å². The van der Waals surface area contributed by atoms with Crippen LogP contribution < -0.4 is 15.4 Å². The van der Waals surface area contributed by atoms with E-state index in [9.17, 15) is 0 Å². The molecular formula is C25H34IN5O. The van der Waals surface area contributed by atoms with Crippen molar-refractivity contribution < 1.29 is 4.74 Å². The SMILES string of the molecule is CN=C(NCCc1ccc(C)c(OC)c1)NCc1nccn1CCCc1ccccc1.I. The summed E-state index contributed by atoms with van der Waals surface area (Å²) in [6.45, 7) is 4.43. The molecule has 0 fully saturated rings. The minimum atomic E-state index is 0. The maximum absolute atomic E-state index is 5.41. The van der Waals surface area contributed by atoms with Gasteiger partial charge >= 0.3 is 0 Å². The molecule has 3 rings (SSSR count). The zero-order valence-corrected chi connectivity index (χ0v) is 21.5. The average molecular weight is 547 g/mol. The van der Waals surface area contributed by atoms with Crippen LogP contribution in [0.4, 0.5) is 0 Å². The lowest BCUT2D eigenvalue weighted by atomic mass is 10.1. The Labute approximate surface area is 208 Å². The molecule has 7 heteroatoms. The molecule has 0 atom stereocenters. The molecule has 0 saturated carbocycles. The number of aliphatic imine (C=N–C) groups is 1. The first kappa shape index (κ1) is 25.7. The number of hydrogen-bond acceptors (Lipinski definition) is 3. The largest absolute Gasteiger partial charge is 0.496 e. The number of ether oxygens (including phenoxy) is 1. The summed E-state index contributed by atoms with van der Waals surface area (Å²) in [5.41, 5.74) is 3.76. The van der Waals surface area contributed by atoms with E-state index in [0.29, 0.717) is 6.54 Å². The molecule has 0 spiro atoms. The lowest BCUT2D eigenvalue weighted by Gasteiger charge is -2.13. The number of methoxy groups -OCH3 is 1. The summed E-state index contributed by atoms with van der Waals surface area (Å²) in [4.78, 5) is 8.84. The van der Waals surface area contributed by atoms with Gasteiger partial charge in [-0.15, -0.1) is 24.0 Å². The number of halogens is 1. The highest BCUT2D eigenvalue weighted by Gasteiger charge is 2.06. The number of aromatic nitrogens is 2. The Kier molecular flexibility index (Phi) is 11.1. The summed E-state index contributed by atoms with van der Waals surface area (Å²) in [5.74, 6) is 2.72. The van der Waals surface area contributed by atoms with Gasteiger partial charge in [-0.2, -0.15) is 0 Å². The van der Waals surface area contributed by atoms with Crippen LogP contribution in [0.5, 0.6) is 5.75 Å². The molecule has 0 unspecified atom stereocenters. The van der Waals surface area contributed by atoms with E-state index >= 15 is 0 Å². The van der Waals surface area contributed by atoms with Gasteiger partial charge in [0.05, 0.1) is 13.7 Å². The summed E-state index contributed by atoms with van der Waals surface area (Å²) < 4.78 is 7.62. The molecule has 0 radical (unpaired) electrons. The van der Waals surface area contributed by atoms with Crippen molar-refractivity contribution >= 4 is 29.9 Å². The number of nitrogens with one attached hydrogen (secondary N) is 2. The number of nitrogens with zero attached hydrogens (tertiary/aromatic N) is 3. The van der Waals surface area contributed by atoms with Crippen LogP contribution in [0.1, 0.15) is 28.9 Å². The molecule has 1 aromatic heterocycles. The minimum absolute atomic E-state index is 0. The van der Waals surface area contributed by atoms with Crippen molar-refractivity contribution in [3.63, 3.8) is 0 Å². The minimum Gasteiger partial charge on any atom is -0.496 e. The van der Waals surface area contributed by atoms with Gasteiger partial charge in [0.2, 0.25) is 0 Å². The highest BCUT2D eigenvalue weighted by atomic mass is 127. The van der Waals surface area contributed by atoms with Crippen LogP contribution in [0.2, 0.25) is 0 Å². The molecule has 0 aliphatic carbocycles. The quantitative estimate of drug-likeness (QED) is 0.225.